The van der Waals surface area contributed by atoms with Crippen LogP contribution in [0.5, 0.6) is 0 Å². The molecule has 78 valence electrons. The minimum atomic E-state index is -0.345. The Labute approximate surface area is 83.7 Å². The summed E-state index contributed by atoms with van der Waals surface area (Å²) in [6, 6.07) is 1.67. The molecule has 0 aliphatic rings. The van der Waals surface area contributed by atoms with Crippen molar-refractivity contribution in [2.24, 2.45) is 7.05 Å². The summed E-state index contributed by atoms with van der Waals surface area (Å²) in [5.41, 5.74) is 1.23. The summed E-state index contributed by atoms with van der Waals surface area (Å²) in [5, 5.41) is 10.5. The molecule has 4 heteroatoms. The molecule has 0 radical (unpaired) electrons. The van der Waals surface area contributed by atoms with E-state index in [4.69, 9.17) is 0 Å². The molecule has 0 saturated heterocycles. The lowest BCUT2D eigenvalue weighted by atomic mass is 10.0. The molecule has 0 bridgehead atoms. The van der Waals surface area contributed by atoms with E-state index in [1.807, 2.05) is 11.6 Å². The number of nitro groups is 1. The van der Waals surface area contributed by atoms with Gasteiger partial charge in [0.1, 0.15) is 0 Å². The van der Waals surface area contributed by atoms with E-state index in [0.717, 1.165) is 18.5 Å². The largest absolute Gasteiger partial charge is 0.348 e. The van der Waals surface area contributed by atoms with Crippen molar-refractivity contribution in [3.05, 3.63) is 28.1 Å². The summed E-state index contributed by atoms with van der Waals surface area (Å²) in [7, 11) is 1.86. The normalized spacial score (nSPS) is 12.8. The first-order valence-electron chi connectivity index (χ1n) is 4.87. The molecule has 0 aromatic carbocycles. The van der Waals surface area contributed by atoms with Crippen LogP contribution in [-0.2, 0) is 7.05 Å². The van der Waals surface area contributed by atoms with Gasteiger partial charge in [0.25, 0.3) is 5.69 Å². The Balaban J connectivity index is 2.92. The Morgan fingerprint density at radius 3 is 2.71 bits per heavy atom. The minimum Gasteiger partial charge on any atom is -0.348 e. The SMILES string of the molecule is CCCC(C)c1cc([N+](=O)[O-])cn1C. The molecule has 1 atom stereocenters. The van der Waals surface area contributed by atoms with Crippen LogP contribution in [0.15, 0.2) is 12.3 Å². The fourth-order valence-electron chi connectivity index (χ4n) is 1.73. The van der Waals surface area contributed by atoms with Gasteiger partial charge in [0.05, 0.1) is 11.1 Å². The number of hydrogen-bond acceptors (Lipinski definition) is 2. The van der Waals surface area contributed by atoms with Gasteiger partial charge in [0, 0.05) is 18.8 Å². The van der Waals surface area contributed by atoms with E-state index in [2.05, 4.69) is 13.8 Å². The zero-order chi connectivity index (χ0) is 10.7. The summed E-state index contributed by atoms with van der Waals surface area (Å²) >= 11 is 0. The fourth-order valence-corrected chi connectivity index (χ4v) is 1.73. The molecule has 0 N–H and O–H groups in total. The molecule has 1 rings (SSSR count). The van der Waals surface area contributed by atoms with Gasteiger partial charge in [-0.2, -0.15) is 0 Å². The molecule has 0 fully saturated rings. The number of nitrogens with zero attached hydrogens (tertiary/aromatic N) is 2. The first-order chi connectivity index (χ1) is 6.56. The van der Waals surface area contributed by atoms with Crippen molar-refractivity contribution < 1.29 is 4.92 Å². The highest BCUT2D eigenvalue weighted by molar-refractivity contribution is 5.32. The maximum atomic E-state index is 10.5. The van der Waals surface area contributed by atoms with Gasteiger partial charge in [-0.15, -0.1) is 0 Å². The zero-order valence-corrected chi connectivity index (χ0v) is 8.86. The van der Waals surface area contributed by atoms with Gasteiger partial charge >= 0.3 is 0 Å². The number of hydrogen-bond donors (Lipinski definition) is 0. The molecule has 1 aromatic heterocycles. The fraction of sp³-hybridized carbons (Fsp3) is 0.600. The van der Waals surface area contributed by atoms with Crippen LogP contribution in [0.25, 0.3) is 0 Å². The molecule has 1 aromatic rings. The summed E-state index contributed by atoms with van der Waals surface area (Å²) in [6.07, 6.45) is 3.73. The average Bonchev–Trinajstić information content (AvgIpc) is 2.48. The molecule has 0 aliphatic heterocycles. The van der Waals surface area contributed by atoms with Crippen molar-refractivity contribution in [2.75, 3.05) is 0 Å². The lowest BCUT2D eigenvalue weighted by Crippen LogP contribution is -1.99. The van der Waals surface area contributed by atoms with E-state index >= 15 is 0 Å². The molecule has 0 spiro atoms. The van der Waals surface area contributed by atoms with Crippen molar-refractivity contribution >= 4 is 5.69 Å². The monoisotopic (exact) mass is 196 g/mol. The third kappa shape index (κ3) is 2.13. The maximum Gasteiger partial charge on any atom is 0.287 e. The highest BCUT2D eigenvalue weighted by Gasteiger charge is 2.15. The smallest absolute Gasteiger partial charge is 0.287 e. The minimum absolute atomic E-state index is 0.186. The van der Waals surface area contributed by atoms with Crippen LogP contribution in [-0.4, -0.2) is 9.49 Å². The summed E-state index contributed by atoms with van der Waals surface area (Å²) in [4.78, 5) is 10.2. The summed E-state index contributed by atoms with van der Waals surface area (Å²) < 4.78 is 1.85. The number of aryl methyl sites for hydroxylation is 1. The molecule has 4 nitrogen and oxygen atoms in total. The van der Waals surface area contributed by atoms with Crippen LogP contribution < -0.4 is 0 Å². The molecular formula is C10H16N2O2. The van der Waals surface area contributed by atoms with Crippen molar-refractivity contribution in [2.45, 2.75) is 32.6 Å². The van der Waals surface area contributed by atoms with Crippen molar-refractivity contribution in [3.8, 4) is 0 Å². The third-order valence-corrected chi connectivity index (χ3v) is 2.47. The van der Waals surface area contributed by atoms with Gasteiger partial charge < -0.3 is 4.57 Å². The van der Waals surface area contributed by atoms with E-state index < -0.39 is 0 Å². The van der Waals surface area contributed by atoms with E-state index in [1.165, 1.54) is 0 Å². The maximum absolute atomic E-state index is 10.5. The van der Waals surface area contributed by atoms with Crippen LogP contribution in [0.1, 0.15) is 38.3 Å². The first-order valence-corrected chi connectivity index (χ1v) is 4.87. The highest BCUT2D eigenvalue weighted by atomic mass is 16.6. The van der Waals surface area contributed by atoms with Crippen LogP contribution in [0.4, 0.5) is 5.69 Å². The standard InChI is InChI=1S/C10H16N2O2/c1-4-5-8(2)10-6-9(12(13)14)7-11(10)3/h6-8H,4-5H2,1-3H3. The summed E-state index contributed by atoms with van der Waals surface area (Å²) in [6.45, 7) is 4.22. The molecule has 0 aliphatic carbocycles. The Bertz CT molecular complexity index is 331. The van der Waals surface area contributed by atoms with Crippen LogP contribution in [0.3, 0.4) is 0 Å². The van der Waals surface area contributed by atoms with E-state index in [0.29, 0.717) is 5.92 Å². The topological polar surface area (TPSA) is 48.1 Å². The zero-order valence-electron chi connectivity index (χ0n) is 8.86. The first kappa shape index (κ1) is 10.8. The van der Waals surface area contributed by atoms with E-state index in [9.17, 15) is 10.1 Å². The second-order valence-corrected chi connectivity index (χ2v) is 3.68. The van der Waals surface area contributed by atoms with Gasteiger partial charge in [-0.1, -0.05) is 20.3 Å². The second kappa shape index (κ2) is 4.26. The number of aromatic nitrogens is 1. The van der Waals surface area contributed by atoms with Crippen LogP contribution >= 0.6 is 0 Å². The van der Waals surface area contributed by atoms with Gasteiger partial charge in [0.2, 0.25) is 0 Å². The molecule has 1 heterocycles. The Kier molecular flexibility index (Phi) is 3.28. The third-order valence-electron chi connectivity index (χ3n) is 2.47. The van der Waals surface area contributed by atoms with Crippen LogP contribution in [0, 0.1) is 10.1 Å². The highest BCUT2D eigenvalue weighted by Crippen LogP contribution is 2.25. The van der Waals surface area contributed by atoms with Gasteiger partial charge in [-0.3, -0.25) is 10.1 Å². The average molecular weight is 196 g/mol. The molecule has 0 saturated carbocycles. The van der Waals surface area contributed by atoms with Crippen molar-refractivity contribution in [1.29, 1.82) is 0 Å². The second-order valence-electron chi connectivity index (χ2n) is 3.68. The van der Waals surface area contributed by atoms with Crippen molar-refractivity contribution in [1.82, 2.24) is 4.57 Å². The lowest BCUT2D eigenvalue weighted by Gasteiger charge is -2.10. The predicted octanol–water partition coefficient (Wildman–Crippen LogP) is 2.84. The van der Waals surface area contributed by atoms with Gasteiger partial charge in [-0.05, 0) is 12.3 Å². The van der Waals surface area contributed by atoms with Crippen molar-refractivity contribution in [3.63, 3.8) is 0 Å². The van der Waals surface area contributed by atoms with E-state index in [1.54, 1.807) is 12.3 Å². The number of rotatable bonds is 4. The van der Waals surface area contributed by atoms with Gasteiger partial charge in [-0.25, -0.2) is 0 Å². The molecule has 0 amide bonds. The van der Waals surface area contributed by atoms with Gasteiger partial charge in [0.15, 0.2) is 0 Å². The summed E-state index contributed by atoms with van der Waals surface area (Å²) in [5.74, 6) is 0.388. The Hall–Kier alpha value is -1.32. The molecule has 14 heavy (non-hydrogen) atoms. The quantitative estimate of drug-likeness (QED) is 0.549. The Morgan fingerprint density at radius 2 is 2.29 bits per heavy atom. The predicted molar refractivity (Wildman–Crippen MR) is 55.4 cm³/mol. The molecule has 1 unspecified atom stereocenters. The lowest BCUT2D eigenvalue weighted by molar-refractivity contribution is -0.384. The van der Waals surface area contributed by atoms with Crippen LogP contribution in [0.2, 0.25) is 0 Å². The Morgan fingerprint density at radius 1 is 1.64 bits per heavy atom. The molecular weight excluding hydrogens is 180 g/mol. The van der Waals surface area contributed by atoms with E-state index in [-0.39, 0.29) is 10.6 Å².